The van der Waals surface area contributed by atoms with Gasteiger partial charge in [0.05, 0.1) is 5.57 Å². The predicted molar refractivity (Wildman–Crippen MR) is 56.1 cm³/mol. The maximum absolute atomic E-state index is 11.4. The Kier molecular flexibility index (Phi) is 3.88. The summed E-state index contributed by atoms with van der Waals surface area (Å²) in [5.41, 5.74) is 0.274. The van der Waals surface area contributed by atoms with E-state index in [0.717, 1.165) is 25.7 Å². The second-order valence-corrected chi connectivity index (χ2v) is 3.79. The van der Waals surface area contributed by atoms with E-state index in [-0.39, 0.29) is 17.3 Å². The zero-order valence-electron chi connectivity index (χ0n) is 9.17. The van der Waals surface area contributed by atoms with Crippen LogP contribution in [0.2, 0.25) is 0 Å². The number of amides is 2. The number of unbranched alkanes of at least 4 members (excludes halogenated alkanes) is 1. The molecule has 1 unspecified atom stereocenters. The van der Waals surface area contributed by atoms with E-state index in [1.165, 1.54) is 0 Å². The number of imide groups is 1. The number of hydrogen-bond acceptors (Lipinski definition) is 3. The average Bonchev–Trinajstić information content (AvgIpc) is 2.45. The maximum Gasteiger partial charge on any atom is 0.293 e. The van der Waals surface area contributed by atoms with Crippen LogP contribution in [0.1, 0.15) is 39.5 Å². The molecule has 0 aromatic carbocycles. The molecular formula is C11H17NO3. The van der Waals surface area contributed by atoms with Crippen molar-refractivity contribution in [2.24, 2.45) is 5.92 Å². The number of rotatable bonds is 5. The molecule has 0 aliphatic carbocycles. The van der Waals surface area contributed by atoms with E-state index in [4.69, 9.17) is 0 Å². The normalized spacial score (nSPS) is 18.3. The van der Waals surface area contributed by atoms with Gasteiger partial charge in [0.2, 0.25) is 0 Å². The van der Waals surface area contributed by atoms with Crippen molar-refractivity contribution in [3.8, 4) is 0 Å². The lowest BCUT2D eigenvalue weighted by Crippen LogP contribution is -2.24. The van der Waals surface area contributed by atoms with E-state index < -0.39 is 11.8 Å². The first-order chi connectivity index (χ1) is 7.11. The lowest BCUT2D eigenvalue weighted by Gasteiger charge is -2.13. The molecular weight excluding hydrogens is 194 g/mol. The zero-order valence-corrected chi connectivity index (χ0v) is 9.17. The maximum atomic E-state index is 11.4. The van der Waals surface area contributed by atoms with Crippen molar-refractivity contribution < 1.29 is 14.7 Å². The van der Waals surface area contributed by atoms with Crippen LogP contribution in [0.5, 0.6) is 0 Å². The van der Waals surface area contributed by atoms with Crippen LogP contribution in [-0.4, -0.2) is 16.9 Å². The first kappa shape index (κ1) is 11.8. The van der Waals surface area contributed by atoms with Crippen molar-refractivity contribution in [3.63, 3.8) is 0 Å². The van der Waals surface area contributed by atoms with Gasteiger partial charge in [-0.2, -0.15) is 0 Å². The van der Waals surface area contributed by atoms with Crippen LogP contribution in [0, 0.1) is 5.92 Å². The first-order valence-electron chi connectivity index (χ1n) is 5.40. The molecule has 1 rings (SSSR count). The molecule has 1 aliphatic rings. The quantitative estimate of drug-likeness (QED) is 0.680. The smallest absolute Gasteiger partial charge is 0.293 e. The van der Waals surface area contributed by atoms with Gasteiger partial charge in [-0.1, -0.05) is 26.7 Å². The zero-order chi connectivity index (χ0) is 11.4. The Morgan fingerprint density at radius 3 is 2.33 bits per heavy atom. The number of aliphatic hydroxyl groups excluding tert-OH is 1. The molecule has 0 aromatic heterocycles. The third-order valence-corrected chi connectivity index (χ3v) is 2.75. The van der Waals surface area contributed by atoms with E-state index in [0.29, 0.717) is 0 Å². The minimum absolute atomic E-state index is 0.00333. The van der Waals surface area contributed by atoms with Crippen LogP contribution >= 0.6 is 0 Å². The summed E-state index contributed by atoms with van der Waals surface area (Å²) in [6.45, 7) is 4.03. The minimum Gasteiger partial charge on any atom is -0.503 e. The molecule has 0 fully saturated rings. The third kappa shape index (κ3) is 2.37. The van der Waals surface area contributed by atoms with E-state index in [2.05, 4.69) is 12.2 Å². The van der Waals surface area contributed by atoms with Gasteiger partial charge in [0, 0.05) is 0 Å². The standard InChI is InChI=1S/C11H17NO3/c1-3-5-6-7(4-2)8-9(13)11(15)12-10(8)14/h7H,3-6H2,1-2H3,(H2,12,13,14,15). The van der Waals surface area contributed by atoms with Crippen molar-refractivity contribution in [2.45, 2.75) is 39.5 Å². The van der Waals surface area contributed by atoms with Crippen LogP contribution in [0.25, 0.3) is 0 Å². The molecule has 0 saturated heterocycles. The highest BCUT2D eigenvalue weighted by Crippen LogP contribution is 2.26. The van der Waals surface area contributed by atoms with E-state index in [1.54, 1.807) is 0 Å². The Labute approximate surface area is 89.4 Å². The highest BCUT2D eigenvalue weighted by molar-refractivity contribution is 6.18. The lowest BCUT2D eigenvalue weighted by molar-refractivity contribution is -0.125. The fraction of sp³-hybridized carbons (Fsp3) is 0.636. The number of nitrogens with one attached hydrogen (secondary N) is 1. The van der Waals surface area contributed by atoms with Crippen molar-refractivity contribution in [1.82, 2.24) is 5.32 Å². The molecule has 2 amide bonds. The van der Waals surface area contributed by atoms with Crippen LogP contribution in [0.15, 0.2) is 11.3 Å². The number of hydrogen-bond donors (Lipinski definition) is 2. The molecule has 0 saturated carbocycles. The summed E-state index contributed by atoms with van der Waals surface area (Å²) in [4.78, 5) is 22.5. The van der Waals surface area contributed by atoms with Gasteiger partial charge in [0.15, 0.2) is 5.76 Å². The molecule has 1 atom stereocenters. The summed E-state index contributed by atoms with van der Waals surface area (Å²) < 4.78 is 0. The van der Waals surface area contributed by atoms with Crippen LogP contribution in [-0.2, 0) is 9.59 Å². The topological polar surface area (TPSA) is 66.4 Å². The Balaban J connectivity index is 2.83. The monoisotopic (exact) mass is 211 g/mol. The molecule has 84 valence electrons. The first-order valence-corrected chi connectivity index (χ1v) is 5.40. The van der Waals surface area contributed by atoms with Gasteiger partial charge in [0.25, 0.3) is 11.8 Å². The fourth-order valence-electron chi connectivity index (χ4n) is 1.84. The van der Waals surface area contributed by atoms with Crippen LogP contribution in [0.3, 0.4) is 0 Å². The fourth-order valence-corrected chi connectivity index (χ4v) is 1.84. The number of carbonyl (C=O) groups excluding carboxylic acids is 2. The Bertz CT molecular complexity index is 307. The van der Waals surface area contributed by atoms with Gasteiger partial charge < -0.3 is 5.11 Å². The summed E-state index contributed by atoms with van der Waals surface area (Å²) in [6.07, 6.45) is 3.64. The third-order valence-electron chi connectivity index (χ3n) is 2.75. The SMILES string of the molecule is CCCCC(CC)C1=C(O)C(=O)NC1=O. The van der Waals surface area contributed by atoms with Gasteiger partial charge in [-0.25, -0.2) is 0 Å². The number of carbonyl (C=O) groups is 2. The molecule has 4 heteroatoms. The number of aliphatic hydroxyl groups is 1. The predicted octanol–water partition coefficient (Wildman–Crippen LogP) is 1.67. The highest BCUT2D eigenvalue weighted by Gasteiger charge is 2.34. The summed E-state index contributed by atoms with van der Waals surface area (Å²) in [7, 11) is 0. The summed E-state index contributed by atoms with van der Waals surface area (Å²) >= 11 is 0. The summed E-state index contributed by atoms with van der Waals surface area (Å²) in [5, 5.41) is 11.6. The van der Waals surface area contributed by atoms with Crippen molar-refractivity contribution in [1.29, 1.82) is 0 Å². The largest absolute Gasteiger partial charge is 0.503 e. The van der Waals surface area contributed by atoms with Crippen LogP contribution < -0.4 is 5.32 Å². The second-order valence-electron chi connectivity index (χ2n) is 3.79. The van der Waals surface area contributed by atoms with E-state index >= 15 is 0 Å². The molecule has 0 radical (unpaired) electrons. The van der Waals surface area contributed by atoms with Crippen molar-refractivity contribution >= 4 is 11.8 Å². The van der Waals surface area contributed by atoms with Gasteiger partial charge in [-0.15, -0.1) is 0 Å². The Morgan fingerprint density at radius 1 is 1.27 bits per heavy atom. The molecule has 1 aliphatic heterocycles. The summed E-state index contributed by atoms with van der Waals surface area (Å²) in [5.74, 6) is -1.48. The molecule has 0 bridgehead atoms. The van der Waals surface area contributed by atoms with E-state index in [9.17, 15) is 14.7 Å². The Hall–Kier alpha value is -1.32. The van der Waals surface area contributed by atoms with Gasteiger partial charge in [-0.05, 0) is 18.8 Å². The van der Waals surface area contributed by atoms with Crippen LogP contribution in [0.4, 0.5) is 0 Å². The van der Waals surface area contributed by atoms with Crippen molar-refractivity contribution in [3.05, 3.63) is 11.3 Å². The molecule has 0 aromatic rings. The molecule has 1 heterocycles. The Morgan fingerprint density at radius 2 is 1.93 bits per heavy atom. The molecule has 0 spiro atoms. The van der Waals surface area contributed by atoms with Gasteiger partial charge >= 0.3 is 0 Å². The average molecular weight is 211 g/mol. The second kappa shape index (κ2) is 4.96. The van der Waals surface area contributed by atoms with E-state index in [1.807, 2.05) is 6.92 Å². The van der Waals surface area contributed by atoms with Gasteiger partial charge in [0.1, 0.15) is 0 Å². The van der Waals surface area contributed by atoms with Crippen molar-refractivity contribution in [2.75, 3.05) is 0 Å². The lowest BCUT2D eigenvalue weighted by atomic mass is 9.90. The molecule has 15 heavy (non-hydrogen) atoms. The minimum atomic E-state index is -0.662. The van der Waals surface area contributed by atoms with Gasteiger partial charge in [-0.3, -0.25) is 14.9 Å². The molecule has 4 nitrogen and oxygen atoms in total. The molecule has 2 N–H and O–H groups in total. The summed E-state index contributed by atoms with van der Waals surface area (Å²) in [6, 6.07) is 0. The highest BCUT2D eigenvalue weighted by atomic mass is 16.3.